The summed E-state index contributed by atoms with van der Waals surface area (Å²) in [5, 5.41) is 0.150. The van der Waals surface area contributed by atoms with Gasteiger partial charge < -0.3 is 4.74 Å². The number of nitrogens with zero attached hydrogens (tertiary/aromatic N) is 1. The zero-order valence-corrected chi connectivity index (χ0v) is 15.0. The van der Waals surface area contributed by atoms with E-state index in [0.29, 0.717) is 6.42 Å². The molecule has 0 unspecified atom stereocenters. The number of hydrogen-bond acceptors (Lipinski definition) is 4. The maximum absolute atomic E-state index is 12.2. The highest BCUT2D eigenvalue weighted by Gasteiger charge is 2.21. The second-order valence-corrected chi connectivity index (χ2v) is 7.86. The van der Waals surface area contributed by atoms with Crippen LogP contribution < -0.4 is 0 Å². The Morgan fingerprint density at radius 1 is 1.12 bits per heavy atom. The van der Waals surface area contributed by atoms with Crippen LogP contribution in [0.5, 0.6) is 0 Å². The molecule has 0 aliphatic rings. The van der Waals surface area contributed by atoms with E-state index >= 15 is 0 Å². The smallest absolute Gasteiger partial charge is 0.339 e. The van der Waals surface area contributed by atoms with Crippen molar-refractivity contribution in [3.63, 3.8) is 0 Å². The third-order valence-corrected chi connectivity index (χ3v) is 5.54. The van der Waals surface area contributed by atoms with Gasteiger partial charge in [0.2, 0.25) is 10.0 Å². The van der Waals surface area contributed by atoms with E-state index in [2.05, 4.69) is 0 Å². The molecule has 2 rings (SSSR count). The summed E-state index contributed by atoms with van der Waals surface area (Å²) in [6, 6.07) is 13.6. The predicted octanol–water partition coefficient (Wildman–Crippen LogP) is 2.99. The lowest BCUT2D eigenvalue weighted by Gasteiger charge is -2.13. The molecule has 7 heteroatoms. The van der Waals surface area contributed by atoms with Crippen molar-refractivity contribution in [2.75, 3.05) is 20.7 Å². The number of esters is 1. The van der Waals surface area contributed by atoms with Gasteiger partial charge in [0.05, 0.1) is 22.1 Å². The van der Waals surface area contributed by atoms with Crippen LogP contribution in [0.3, 0.4) is 0 Å². The van der Waals surface area contributed by atoms with Crippen molar-refractivity contribution in [1.29, 1.82) is 0 Å². The van der Waals surface area contributed by atoms with Gasteiger partial charge in [-0.15, -0.1) is 0 Å². The van der Waals surface area contributed by atoms with E-state index in [0.717, 1.165) is 9.87 Å². The average Bonchev–Trinajstić information content (AvgIpc) is 2.55. The van der Waals surface area contributed by atoms with Crippen molar-refractivity contribution in [2.45, 2.75) is 11.3 Å². The molecular formula is C17H18ClNO4S. The normalized spacial score (nSPS) is 11.5. The van der Waals surface area contributed by atoms with Crippen molar-refractivity contribution in [3.05, 3.63) is 64.7 Å². The first-order valence-corrected chi connectivity index (χ1v) is 9.07. The van der Waals surface area contributed by atoms with Gasteiger partial charge in [-0.3, -0.25) is 0 Å². The molecule has 2 aromatic carbocycles. The highest BCUT2D eigenvalue weighted by molar-refractivity contribution is 7.89. The fourth-order valence-electron chi connectivity index (χ4n) is 2.02. The molecule has 0 N–H and O–H groups in total. The molecule has 0 radical (unpaired) electrons. The minimum atomic E-state index is -3.65. The van der Waals surface area contributed by atoms with E-state index in [1.54, 1.807) is 0 Å². The van der Waals surface area contributed by atoms with Crippen LogP contribution in [0.15, 0.2) is 53.4 Å². The van der Waals surface area contributed by atoms with E-state index in [-0.39, 0.29) is 22.1 Å². The SMILES string of the molecule is CN(C)S(=O)(=O)c1ccc(Cl)c(C(=O)OCCc2ccccc2)c1. The molecule has 0 amide bonds. The van der Waals surface area contributed by atoms with Crippen molar-refractivity contribution < 1.29 is 17.9 Å². The molecule has 0 aromatic heterocycles. The lowest BCUT2D eigenvalue weighted by molar-refractivity contribution is 0.0509. The fraction of sp³-hybridized carbons (Fsp3) is 0.235. The van der Waals surface area contributed by atoms with Crippen LogP contribution in [0.25, 0.3) is 0 Å². The van der Waals surface area contributed by atoms with E-state index in [1.807, 2.05) is 30.3 Å². The number of carbonyl (C=O) groups is 1. The van der Waals surface area contributed by atoms with Gasteiger partial charge in [0.25, 0.3) is 0 Å². The van der Waals surface area contributed by atoms with E-state index in [4.69, 9.17) is 16.3 Å². The Balaban J connectivity index is 2.11. The lowest BCUT2D eigenvalue weighted by atomic mass is 10.2. The summed E-state index contributed by atoms with van der Waals surface area (Å²) < 4.78 is 30.6. The highest BCUT2D eigenvalue weighted by atomic mass is 35.5. The standard InChI is InChI=1S/C17H18ClNO4S/c1-19(2)24(21,22)14-8-9-16(18)15(12-14)17(20)23-11-10-13-6-4-3-5-7-13/h3-9,12H,10-11H2,1-2H3. The maximum Gasteiger partial charge on any atom is 0.339 e. The van der Waals surface area contributed by atoms with Gasteiger partial charge >= 0.3 is 5.97 Å². The van der Waals surface area contributed by atoms with Crippen LogP contribution in [0.1, 0.15) is 15.9 Å². The van der Waals surface area contributed by atoms with Crippen LogP contribution in [-0.2, 0) is 21.2 Å². The summed E-state index contributed by atoms with van der Waals surface area (Å²) in [5.74, 6) is -0.647. The first-order chi connectivity index (χ1) is 11.3. The molecule has 5 nitrogen and oxygen atoms in total. The van der Waals surface area contributed by atoms with Crippen molar-refractivity contribution in [3.8, 4) is 0 Å². The van der Waals surface area contributed by atoms with Crippen molar-refractivity contribution in [1.82, 2.24) is 4.31 Å². The van der Waals surface area contributed by atoms with Gasteiger partial charge in [-0.05, 0) is 23.8 Å². The first kappa shape index (κ1) is 18.4. The Bertz CT molecular complexity index is 820. The number of carbonyl (C=O) groups excluding carboxylic acids is 1. The number of benzene rings is 2. The quantitative estimate of drug-likeness (QED) is 0.736. The second kappa shape index (κ2) is 7.79. The van der Waals surface area contributed by atoms with E-state index < -0.39 is 16.0 Å². The van der Waals surface area contributed by atoms with Gasteiger partial charge in [-0.2, -0.15) is 0 Å². The molecule has 0 saturated heterocycles. The third kappa shape index (κ3) is 4.35. The van der Waals surface area contributed by atoms with Crippen molar-refractivity contribution in [2.24, 2.45) is 0 Å². The highest BCUT2D eigenvalue weighted by Crippen LogP contribution is 2.23. The molecule has 0 saturated carbocycles. The first-order valence-electron chi connectivity index (χ1n) is 7.25. The molecule has 0 spiro atoms. The molecule has 0 aliphatic heterocycles. The lowest BCUT2D eigenvalue weighted by Crippen LogP contribution is -2.22. The summed E-state index contributed by atoms with van der Waals surface area (Å²) in [7, 11) is -0.809. The fourth-order valence-corrected chi connectivity index (χ4v) is 3.14. The molecule has 2 aromatic rings. The van der Waals surface area contributed by atoms with Crippen LogP contribution in [0.4, 0.5) is 0 Å². The number of ether oxygens (including phenoxy) is 1. The average molecular weight is 368 g/mol. The largest absolute Gasteiger partial charge is 0.462 e. The number of rotatable bonds is 6. The van der Waals surface area contributed by atoms with Gasteiger partial charge in [-0.25, -0.2) is 17.5 Å². The van der Waals surface area contributed by atoms with Crippen LogP contribution in [0.2, 0.25) is 5.02 Å². The topological polar surface area (TPSA) is 63.7 Å². The summed E-state index contributed by atoms with van der Waals surface area (Å²) >= 11 is 6.01. The molecule has 0 fully saturated rings. The summed E-state index contributed by atoms with van der Waals surface area (Å²) in [4.78, 5) is 12.2. The minimum absolute atomic E-state index is 0.00749. The van der Waals surface area contributed by atoms with Gasteiger partial charge in [-0.1, -0.05) is 41.9 Å². The van der Waals surface area contributed by atoms with Gasteiger partial charge in [0.15, 0.2) is 0 Å². The summed E-state index contributed by atoms with van der Waals surface area (Å²) in [5.41, 5.74) is 1.08. The monoisotopic (exact) mass is 367 g/mol. The van der Waals surface area contributed by atoms with E-state index in [1.165, 1.54) is 32.3 Å². The number of halogens is 1. The van der Waals surface area contributed by atoms with Crippen LogP contribution in [0, 0.1) is 0 Å². The molecule has 0 aliphatic carbocycles. The van der Waals surface area contributed by atoms with Gasteiger partial charge in [0.1, 0.15) is 0 Å². The minimum Gasteiger partial charge on any atom is -0.462 e. The zero-order valence-electron chi connectivity index (χ0n) is 13.4. The second-order valence-electron chi connectivity index (χ2n) is 5.30. The summed E-state index contributed by atoms with van der Waals surface area (Å²) in [6.07, 6.45) is 0.569. The molecule has 24 heavy (non-hydrogen) atoms. The third-order valence-electron chi connectivity index (χ3n) is 3.40. The zero-order chi connectivity index (χ0) is 17.7. The van der Waals surface area contributed by atoms with Crippen LogP contribution in [-0.4, -0.2) is 39.4 Å². The van der Waals surface area contributed by atoms with E-state index in [9.17, 15) is 13.2 Å². The Hall–Kier alpha value is -1.89. The van der Waals surface area contributed by atoms with Gasteiger partial charge in [0, 0.05) is 20.5 Å². The molecular weight excluding hydrogens is 350 g/mol. The number of hydrogen-bond donors (Lipinski definition) is 0. The Morgan fingerprint density at radius 2 is 1.79 bits per heavy atom. The Morgan fingerprint density at radius 3 is 2.42 bits per heavy atom. The van der Waals surface area contributed by atoms with Crippen LogP contribution >= 0.6 is 11.6 Å². The van der Waals surface area contributed by atoms with Crippen molar-refractivity contribution >= 4 is 27.6 Å². The Labute approximate surface area is 146 Å². The molecule has 0 bridgehead atoms. The predicted molar refractivity (Wildman–Crippen MR) is 92.8 cm³/mol. The summed E-state index contributed by atoms with van der Waals surface area (Å²) in [6.45, 7) is 0.184. The molecule has 0 atom stereocenters. The number of sulfonamides is 1. The Kier molecular flexibility index (Phi) is 5.99. The molecule has 0 heterocycles. The maximum atomic E-state index is 12.2. The molecule has 128 valence electrons.